The van der Waals surface area contributed by atoms with Crippen LogP contribution in [-0.4, -0.2) is 21.7 Å². The van der Waals surface area contributed by atoms with Crippen molar-refractivity contribution in [3.63, 3.8) is 0 Å². The van der Waals surface area contributed by atoms with Crippen LogP contribution in [0.5, 0.6) is 5.88 Å². The number of aryl methyl sites for hydroxylation is 1. The molecule has 2 N–H and O–H groups in total. The average molecular weight is 429 g/mol. The summed E-state index contributed by atoms with van der Waals surface area (Å²) in [7, 11) is 0. The zero-order valence-electron chi connectivity index (χ0n) is 18.9. The number of aromatic amines is 1. The summed E-state index contributed by atoms with van der Waals surface area (Å²) in [5.41, 5.74) is 5.40. The van der Waals surface area contributed by atoms with Gasteiger partial charge in [-0.05, 0) is 43.7 Å². The Bertz CT molecular complexity index is 1080. The number of aromatic nitrogens is 1. The van der Waals surface area contributed by atoms with Crippen molar-refractivity contribution in [1.29, 1.82) is 0 Å². The van der Waals surface area contributed by atoms with Gasteiger partial charge in [0.25, 0.3) is 5.91 Å². The fourth-order valence-electron chi connectivity index (χ4n) is 4.54. The highest BCUT2D eigenvalue weighted by atomic mass is 16.3. The van der Waals surface area contributed by atoms with Crippen molar-refractivity contribution in [2.75, 3.05) is 0 Å². The maximum absolute atomic E-state index is 13.0. The minimum absolute atomic E-state index is 0.0245. The maximum Gasteiger partial charge on any atom is 0.280 e. The minimum atomic E-state index is -0.279. The second kappa shape index (κ2) is 10.4. The zero-order chi connectivity index (χ0) is 22.3. The van der Waals surface area contributed by atoms with Gasteiger partial charge in [-0.2, -0.15) is 0 Å². The van der Waals surface area contributed by atoms with Crippen LogP contribution in [0.15, 0.2) is 65.2 Å². The van der Waals surface area contributed by atoms with Crippen LogP contribution in [0.3, 0.4) is 0 Å². The van der Waals surface area contributed by atoms with Crippen molar-refractivity contribution < 1.29 is 9.90 Å². The Morgan fingerprint density at radius 1 is 0.844 bits per heavy atom. The first-order valence-electron chi connectivity index (χ1n) is 11.8. The van der Waals surface area contributed by atoms with Crippen LogP contribution in [-0.2, 0) is 0 Å². The maximum atomic E-state index is 13.0. The van der Waals surface area contributed by atoms with Gasteiger partial charge in [-0.25, -0.2) is 4.99 Å². The van der Waals surface area contributed by atoms with Gasteiger partial charge in [-0.3, -0.25) is 4.79 Å². The first-order valence-corrected chi connectivity index (χ1v) is 11.8. The van der Waals surface area contributed by atoms with Crippen molar-refractivity contribution in [1.82, 2.24) is 4.98 Å². The van der Waals surface area contributed by atoms with E-state index in [0.717, 1.165) is 42.4 Å². The topological polar surface area (TPSA) is 65.4 Å². The molecule has 1 aliphatic heterocycles. The largest absolute Gasteiger partial charge is 0.494 e. The van der Waals surface area contributed by atoms with Gasteiger partial charge in [0.15, 0.2) is 5.88 Å². The van der Waals surface area contributed by atoms with E-state index in [1.165, 1.54) is 32.1 Å². The molecule has 2 aliphatic rings. The van der Waals surface area contributed by atoms with Crippen LogP contribution in [0.1, 0.15) is 79.3 Å². The summed E-state index contributed by atoms with van der Waals surface area (Å²) in [6.07, 6.45) is 12.7. The number of aliphatic imine (C=N–C) groups is 1. The molecule has 2 aromatic rings. The number of carbonyl (C=O) groups excluding carboxylic acids is 1. The Kier molecular flexibility index (Phi) is 7.21. The molecule has 1 aromatic carbocycles. The van der Waals surface area contributed by atoms with Crippen molar-refractivity contribution >= 4 is 11.6 Å². The number of rotatable bonds is 2. The third-order valence-corrected chi connectivity index (χ3v) is 6.27. The summed E-state index contributed by atoms with van der Waals surface area (Å²) in [6.45, 7) is 2.05. The molecule has 4 rings (SSSR count). The van der Waals surface area contributed by atoms with E-state index >= 15 is 0 Å². The van der Waals surface area contributed by atoms with Crippen LogP contribution in [0.4, 0.5) is 0 Å². The van der Waals surface area contributed by atoms with Gasteiger partial charge in [0.2, 0.25) is 0 Å². The molecular weight excluding hydrogens is 396 g/mol. The molecular formula is C28H32N2O2. The number of carbonyl (C=O) groups is 1. The van der Waals surface area contributed by atoms with Crippen molar-refractivity contribution in [3.05, 3.63) is 76.9 Å². The molecule has 0 unspecified atom stereocenters. The number of fused-ring (bicyclic) bond motifs is 1. The van der Waals surface area contributed by atoms with E-state index in [-0.39, 0.29) is 11.8 Å². The van der Waals surface area contributed by atoms with Crippen LogP contribution in [0.2, 0.25) is 0 Å². The Labute approximate surface area is 190 Å². The molecule has 1 aromatic heterocycles. The summed E-state index contributed by atoms with van der Waals surface area (Å²) in [5.74, 6) is -0.255. The lowest BCUT2D eigenvalue weighted by Crippen LogP contribution is -2.03. The highest BCUT2D eigenvalue weighted by Gasteiger charge is 2.33. The van der Waals surface area contributed by atoms with Gasteiger partial charge in [-0.15, -0.1) is 0 Å². The predicted octanol–water partition coefficient (Wildman–Crippen LogP) is 7.21. The van der Waals surface area contributed by atoms with Crippen LogP contribution >= 0.6 is 0 Å². The number of hydrogen-bond acceptors (Lipinski definition) is 2. The molecule has 0 fully saturated rings. The molecule has 0 atom stereocenters. The van der Waals surface area contributed by atoms with Crippen molar-refractivity contribution in [3.8, 4) is 17.1 Å². The first kappa shape index (κ1) is 22.1. The molecule has 0 saturated heterocycles. The summed E-state index contributed by atoms with van der Waals surface area (Å²) >= 11 is 0. The van der Waals surface area contributed by atoms with Crippen LogP contribution < -0.4 is 0 Å². The van der Waals surface area contributed by atoms with Crippen LogP contribution in [0, 0.1) is 6.92 Å². The lowest BCUT2D eigenvalue weighted by Gasteiger charge is -2.08. The zero-order valence-corrected chi connectivity index (χ0v) is 18.9. The lowest BCUT2D eigenvalue weighted by atomic mass is 9.95. The molecule has 1 amide bonds. The van der Waals surface area contributed by atoms with Gasteiger partial charge < -0.3 is 10.1 Å². The smallest absolute Gasteiger partial charge is 0.280 e. The van der Waals surface area contributed by atoms with Crippen LogP contribution in [0.25, 0.3) is 11.3 Å². The molecule has 0 radical (unpaired) electrons. The summed E-state index contributed by atoms with van der Waals surface area (Å²) in [5, 5.41) is 10.8. The fourth-order valence-corrected chi connectivity index (χ4v) is 4.54. The fraction of sp³-hybridized carbons (Fsp3) is 0.357. The second-order valence-corrected chi connectivity index (χ2v) is 8.74. The Morgan fingerprint density at radius 3 is 2.19 bits per heavy atom. The number of hydrogen-bond donors (Lipinski definition) is 2. The third-order valence-electron chi connectivity index (χ3n) is 6.27. The van der Waals surface area contributed by atoms with Gasteiger partial charge >= 0.3 is 0 Å². The molecule has 0 bridgehead atoms. The molecule has 0 spiro atoms. The van der Waals surface area contributed by atoms with E-state index in [9.17, 15) is 9.90 Å². The minimum Gasteiger partial charge on any atom is -0.494 e. The molecule has 2 heterocycles. The van der Waals surface area contributed by atoms with E-state index in [1.807, 2.05) is 55.5 Å². The second-order valence-electron chi connectivity index (χ2n) is 8.74. The molecule has 32 heavy (non-hydrogen) atoms. The molecule has 0 saturated carbocycles. The molecule has 1 aliphatic carbocycles. The van der Waals surface area contributed by atoms with Crippen molar-refractivity contribution in [2.45, 2.75) is 64.7 Å². The Hall–Kier alpha value is -3.14. The number of nitrogens with one attached hydrogen (secondary N) is 1. The average Bonchev–Trinajstić information content (AvgIpc) is 3.28. The monoisotopic (exact) mass is 428 g/mol. The van der Waals surface area contributed by atoms with Gasteiger partial charge in [0, 0.05) is 0 Å². The van der Waals surface area contributed by atoms with E-state index in [1.54, 1.807) is 0 Å². The number of amides is 1. The number of H-pyrrole nitrogens is 1. The molecule has 4 nitrogen and oxygen atoms in total. The van der Waals surface area contributed by atoms with Gasteiger partial charge in [0.05, 0.1) is 22.5 Å². The van der Waals surface area contributed by atoms with E-state index < -0.39 is 0 Å². The third kappa shape index (κ3) is 5.01. The van der Waals surface area contributed by atoms with E-state index in [2.05, 4.69) is 16.1 Å². The van der Waals surface area contributed by atoms with E-state index in [0.29, 0.717) is 22.5 Å². The van der Waals surface area contributed by atoms with Crippen molar-refractivity contribution in [2.24, 2.45) is 4.99 Å². The lowest BCUT2D eigenvalue weighted by molar-refractivity contribution is 0.101. The summed E-state index contributed by atoms with van der Waals surface area (Å²) in [4.78, 5) is 20.5. The van der Waals surface area contributed by atoms with Gasteiger partial charge in [0.1, 0.15) is 0 Å². The number of allylic oxidation sites excluding steroid dienone is 2. The number of nitrogens with zero attached hydrogens (tertiary/aromatic N) is 1. The highest BCUT2D eigenvalue weighted by Crippen LogP contribution is 2.38. The summed E-state index contributed by atoms with van der Waals surface area (Å²) in [6, 6.07) is 15.8. The Balaban J connectivity index is 1.73. The van der Waals surface area contributed by atoms with E-state index in [4.69, 9.17) is 0 Å². The Morgan fingerprint density at radius 2 is 1.47 bits per heavy atom. The normalized spacial score (nSPS) is 18.6. The number of aromatic hydroxyl groups is 1. The SMILES string of the molecule is Cc1ccccc(-c2[nH]c(O)c3c2C(=O)N=C3/C2=C/CCCCCCCCC2)cccc1. The highest BCUT2D eigenvalue weighted by molar-refractivity contribution is 6.30. The predicted molar refractivity (Wildman–Crippen MR) is 131 cm³/mol. The molecule has 4 heteroatoms. The first-order chi connectivity index (χ1) is 15.6. The standard InChI is InChI=1S/C28H32N2O2/c1-20-14-10-12-18-22(19-13-11-15-20)26-24-23(27(31)30-26)25(29-28(24)32)21-16-8-6-4-2-3-5-7-9-17-21/h10-16,18-19,30-31H,2-9,17H2,1H3/b12-10?,13-11?,14-10?,15-11?,18-12?,19-13?,20-14?,20-15?,21-16+,22-18?,22-19?. The quantitative estimate of drug-likeness (QED) is 0.530. The summed E-state index contributed by atoms with van der Waals surface area (Å²) < 4.78 is 0. The molecule has 166 valence electrons. The van der Waals surface area contributed by atoms with Gasteiger partial charge in [-0.1, -0.05) is 92.3 Å².